The van der Waals surface area contributed by atoms with Crippen LogP contribution in [0.3, 0.4) is 0 Å². The Balaban J connectivity index is 1.51. The molecule has 0 bridgehead atoms. The highest BCUT2D eigenvalue weighted by atomic mass is 79.9. The summed E-state index contributed by atoms with van der Waals surface area (Å²) in [7, 11) is 0. The van der Waals surface area contributed by atoms with Crippen LogP contribution in [0.5, 0.6) is 0 Å². The van der Waals surface area contributed by atoms with Crippen LogP contribution in [0.1, 0.15) is 16.2 Å². The second-order valence-corrected chi connectivity index (χ2v) is 6.71. The van der Waals surface area contributed by atoms with Gasteiger partial charge in [-0.15, -0.1) is 11.3 Å². The van der Waals surface area contributed by atoms with Gasteiger partial charge in [0.15, 0.2) is 4.96 Å². The fraction of sp³-hybridized carbons (Fsp3) is 0.0667. The van der Waals surface area contributed by atoms with E-state index in [1.54, 1.807) is 11.3 Å². The van der Waals surface area contributed by atoms with Crippen LogP contribution in [0.25, 0.3) is 15.9 Å². The molecule has 7 heteroatoms. The molecule has 0 aliphatic carbocycles. The standard InChI is InChI=1S/C15H11BrN4OS/c16-10-1-2-12-9(5-10)6-13(19-12)14(21)17-7-11-8-20-3-4-22-15(20)18-11/h1-6,8,19H,7H2,(H,17,21). The summed E-state index contributed by atoms with van der Waals surface area (Å²) in [6.07, 6.45) is 3.88. The summed E-state index contributed by atoms with van der Waals surface area (Å²) in [5, 5.41) is 5.87. The predicted octanol–water partition coefficient (Wildman–Crippen LogP) is 3.57. The van der Waals surface area contributed by atoms with Crippen LogP contribution >= 0.6 is 27.3 Å². The van der Waals surface area contributed by atoms with Crippen molar-refractivity contribution in [3.05, 3.63) is 57.9 Å². The molecule has 0 radical (unpaired) electrons. The molecule has 1 aromatic carbocycles. The summed E-state index contributed by atoms with van der Waals surface area (Å²) < 4.78 is 2.94. The number of H-pyrrole nitrogens is 1. The number of rotatable bonds is 3. The monoisotopic (exact) mass is 374 g/mol. The van der Waals surface area contributed by atoms with E-state index in [4.69, 9.17) is 0 Å². The van der Waals surface area contributed by atoms with Crippen molar-refractivity contribution in [3.8, 4) is 0 Å². The first kappa shape index (κ1) is 13.5. The molecule has 0 saturated heterocycles. The number of hydrogen-bond donors (Lipinski definition) is 2. The first-order valence-corrected chi connectivity index (χ1v) is 8.34. The van der Waals surface area contributed by atoms with E-state index in [1.165, 1.54) is 0 Å². The highest BCUT2D eigenvalue weighted by Gasteiger charge is 2.10. The summed E-state index contributed by atoms with van der Waals surface area (Å²) >= 11 is 5.00. The Morgan fingerprint density at radius 2 is 2.32 bits per heavy atom. The Morgan fingerprint density at radius 3 is 3.18 bits per heavy atom. The van der Waals surface area contributed by atoms with Crippen molar-refractivity contribution in [2.45, 2.75) is 6.54 Å². The molecule has 0 unspecified atom stereocenters. The van der Waals surface area contributed by atoms with Gasteiger partial charge in [0.2, 0.25) is 0 Å². The smallest absolute Gasteiger partial charge is 0.268 e. The molecule has 4 aromatic rings. The number of benzene rings is 1. The number of nitrogens with zero attached hydrogens (tertiary/aromatic N) is 2. The van der Waals surface area contributed by atoms with Crippen molar-refractivity contribution in [2.24, 2.45) is 0 Å². The largest absolute Gasteiger partial charge is 0.351 e. The number of amides is 1. The van der Waals surface area contributed by atoms with Crippen LogP contribution in [0.2, 0.25) is 0 Å². The minimum absolute atomic E-state index is 0.135. The molecule has 22 heavy (non-hydrogen) atoms. The molecule has 0 fully saturated rings. The quantitative estimate of drug-likeness (QED) is 0.575. The third-order valence-electron chi connectivity index (χ3n) is 3.40. The Bertz CT molecular complexity index is 955. The number of aromatic amines is 1. The van der Waals surface area contributed by atoms with Gasteiger partial charge in [-0.25, -0.2) is 4.98 Å². The average Bonchev–Trinajstić information content (AvgIpc) is 3.17. The fourth-order valence-corrected chi connectivity index (χ4v) is 3.45. The number of halogens is 1. The van der Waals surface area contributed by atoms with Crippen molar-refractivity contribution >= 4 is 49.0 Å². The lowest BCUT2D eigenvalue weighted by Gasteiger charge is -2.00. The molecule has 0 aliphatic rings. The summed E-state index contributed by atoms with van der Waals surface area (Å²) in [5.41, 5.74) is 2.34. The van der Waals surface area contributed by atoms with Crippen molar-refractivity contribution in [2.75, 3.05) is 0 Å². The zero-order chi connectivity index (χ0) is 15.1. The highest BCUT2D eigenvalue weighted by molar-refractivity contribution is 9.10. The van der Waals surface area contributed by atoms with Crippen LogP contribution < -0.4 is 5.32 Å². The lowest BCUT2D eigenvalue weighted by molar-refractivity contribution is 0.0946. The van der Waals surface area contributed by atoms with Gasteiger partial charge in [-0.2, -0.15) is 0 Å². The van der Waals surface area contributed by atoms with Crippen LogP contribution in [0.4, 0.5) is 0 Å². The number of carbonyl (C=O) groups excluding carboxylic acids is 1. The molecule has 1 amide bonds. The Labute approximate surface area is 138 Å². The van der Waals surface area contributed by atoms with E-state index < -0.39 is 0 Å². The van der Waals surface area contributed by atoms with E-state index in [2.05, 4.69) is 31.2 Å². The maximum absolute atomic E-state index is 12.2. The second-order valence-electron chi connectivity index (χ2n) is 4.92. The van der Waals surface area contributed by atoms with Gasteiger partial charge in [-0.3, -0.25) is 9.20 Å². The summed E-state index contributed by atoms with van der Waals surface area (Å²) in [6, 6.07) is 7.71. The maximum Gasteiger partial charge on any atom is 0.268 e. The van der Waals surface area contributed by atoms with E-state index >= 15 is 0 Å². The van der Waals surface area contributed by atoms with Crippen molar-refractivity contribution in [3.63, 3.8) is 0 Å². The molecule has 5 nitrogen and oxygen atoms in total. The number of aromatic nitrogens is 3. The first-order chi connectivity index (χ1) is 10.7. The second kappa shape index (κ2) is 5.26. The molecular weight excluding hydrogens is 364 g/mol. The van der Waals surface area contributed by atoms with Gasteiger partial charge < -0.3 is 10.3 Å². The number of carbonyl (C=O) groups is 1. The SMILES string of the molecule is O=C(NCc1cn2ccsc2n1)c1cc2cc(Br)ccc2[nH]1. The first-order valence-electron chi connectivity index (χ1n) is 6.66. The van der Waals surface area contributed by atoms with E-state index in [-0.39, 0.29) is 5.91 Å². The van der Waals surface area contributed by atoms with E-state index in [9.17, 15) is 4.79 Å². The number of fused-ring (bicyclic) bond motifs is 2. The Hall–Kier alpha value is -2.12. The molecule has 3 aromatic heterocycles. The summed E-state index contributed by atoms with van der Waals surface area (Å²) in [6.45, 7) is 0.409. The number of imidazole rings is 1. The van der Waals surface area contributed by atoms with Gasteiger partial charge in [0, 0.05) is 33.1 Å². The van der Waals surface area contributed by atoms with Gasteiger partial charge in [0.1, 0.15) is 5.69 Å². The van der Waals surface area contributed by atoms with E-state index in [1.807, 2.05) is 46.4 Å². The molecule has 110 valence electrons. The normalized spacial score (nSPS) is 11.3. The molecule has 3 heterocycles. The molecule has 4 rings (SSSR count). The molecule has 0 saturated carbocycles. The van der Waals surface area contributed by atoms with Gasteiger partial charge in [-0.1, -0.05) is 15.9 Å². The third kappa shape index (κ3) is 2.42. The van der Waals surface area contributed by atoms with Crippen LogP contribution in [0, 0.1) is 0 Å². The Kier molecular flexibility index (Phi) is 3.24. The predicted molar refractivity (Wildman–Crippen MR) is 90.2 cm³/mol. The lowest BCUT2D eigenvalue weighted by atomic mass is 10.2. The summed E-state index contributed by atoms with van der Waals surface area (Å²) in [5.74, 6) is -0.135. The lowest BCUT2D eigenvalue weighted by Crippen LogP contribution is -2.23. The van der Waals surface area contributed by atoms with Crippen molar-refractivity contribution < 1.29 is 4.79 Å². The zero-order valence-corrected chi connectivity index (χ0v) is 13.7. The van der Waals surface area contributed by atoms with Gasteiger partial charge in [-0.05, 0) is 24.3 Å². The molecule has 0 spiro atoms. The zero-order valence-electron chi connectivity index (χ0n) is 11.3. The number of hydrogen-bond acceptors (Lipinski definition) is 3. The van der Waals surface area contributed by atoms with Crippen LogP contribution in [-0.4, -0.2) is 20.3 Å². The highest BCUT2D eigenvalue weighted by Crippen LogP contribution is 2.20. The third-order valence-corrected chi connectivity index (χ3v) is 4.66. The van der Waals surface area contributed by atoms with Crippen LogP contribution in [0.15, 0.2) is 46.5 Å². The van der Waals surface area contributed by atoms with Gasteiger partial charge in [0.05, 0.1) is 12.2 Å². The number of thiazole rings is 1. The van der Waals surface area contributed by atoms with Crippen molar-refractivity contribution in [1.82, 2.24) is 19.7 Å². The minimum atomic E-state index is -0.135. The van der Waals surface area contributed by atoms with Crippen molar-refractivity contribution in [1.29, 1.82) is 0 Å². The van der Waals surface area contributed by atoms with Gasteiger partial charge >= 0.3 is 0 Å². The topological polar surface area (TPSA) is 62.2 Å². The maximum atomic E-state index is 12.2. The number of nitrogens with one attached hydrogen (secondary N) is 2. The molecule has 0 aliphatic heterocycles. The van der Waals surface area contributed by atoms with E-state index in [0.29, 0.717) is 12.2 Å². The van der Waals surface area contributed by atoms with Crippen LogP contribution in [-0.2, 0) is 6.54 Å². The Morgan fingerprint density at radius 1 is 1.41 bits per heavy atom. The van der Waals surface area contributed by atoms with Gasteiger partial charge in [0.25, 0.3) is 5.91 Å². The molecule has 2 N–H and O–H groups in total. The molecular formula is C15H11BrN4OS. The summed E-state index contributed by atoms with van der Waals surface area (Å²) in [4.78, 5) is 20.7. The van der Waals surface area contributed by atoms with E-state index in [0.717, 1.165) is 26.0 Å². The molecule has 0 atom stereocenters. The fourth-order valence-electron chi connectivity index (χ4n) is 2.35. The minimum Gasteiger partial charge on any atom is -0.351 e. The average molecular weight is 375 g/mol.